The molecule has 0 heterocycles. The Hall–Kier alpha value is -2.56. The molecular weight excluding hydrogens is 297 g/mol. The Kier molecular flexibility index (Phi) is 6.41. The van der Waals surface area contributed by atoms with E-state index in [0.717, 1.165) is 11.5 Å². The molecule has 23 heavy (non-hydrogen) atoms. The molecule has 0 saturated carbocycles. The van der Waals surface area contributed by atoms with E-state index >= 15 is 0 Å². The van der Waals surface area contributed by atoms with Crippen LogP contribution in [0.1, 0.15) is 18.4 Å². The first-order valence-electron chi connectivity index (χ1n) is 7.46. The van der Waals surface area contributed by atoms with Crippen LogP contribution in [0, 0.1) is 5.82 Å². The van der Waals surface area contributed by atoms with Crippen LogP contribution in [0.3, 0.4) is 0 Å². The maximum atomic E-state index is 13.4. The third kappa shape index (κ3) is 5.62. The standard InChI is InChI=1S/C18H20FNO3/c1-22-15-8-10-16(11-9-15)23-12-4-7-18(21)20-13-14-5-2-3-6-17(14)19/h2-3,5-6,8-11H,4,7,12-13H2,1H3,(H,20,21). The van der Waals surface area contributed by atoms with E-state index in [4.69, 9.17) is 9.47 Å². The lowest BCUT2D eigenvalue weighted by Crippen LogP contribution is -2.23. The van der Waals surface area contributed by atoms with Crippen molar-refractivity contribution in [2.24, 2.45) is 0 Å². The number of halogens is 1. The largest absolute Gasteiger partial charge is 0.497 e. The van der Waals surface area contributed by atoms with Crippen LogP contribution >= 0.6 is 0 Å². The number of methoxy groups -OCH3 is 1. The van der Waals surface area contributed by atoms with Crippen LogP contribution in [0.2, 0.25) is 0 Å². The molecule has 4 nitrogen and oxygen atoms in total. The predicted octanol–water partition coefficient (Wildman–Crippen LogP) is 3.31. The maximum Gasteiger partial charge on any atom is 0.220 e. The smallest absolute Gasteiger partial charge is 0.220 e. The zero-order valence-corrected chi connectivity index (χ0v) is 13.0. The molecule has 0 atom stereocenters. The number of ether oxygens (including phenoxy) is 2. The van der Waals surface area contributed by atoms with Crippen molar-refractivity contribution in [3.05, 3.63) is 59.9 Å². The van der Waals surface area contributed by atoms with Crippen LogP contribution in [0.4, 0.5) is 4.39 Å². The zero-order valence-electron chi connectivity index (χ0n) is 13.0. The lowest BCUT2D eigenvalue weighted by Gasteiger charge is -2.08. The molecule has 1 N–H and O–H groups in total. The lowest BCUT2D eigenvalue weighted by molar-refractivity contribution is -0.121. The van der Waals surface area contributed by atoms with Crippen LogP contribution in [0.25, 0.3) is 0 Å². The Bertz CT molecular complexity index is 628. The summed E-state index contributed by atoms with van der Waals surface area (Å²) in [5.41, 5.74) is 0.482. The summed E-state index contributed by atoms with van der Waals surface area (Å²) in [5.74, 6) is 1.07. The van der Waals surface area contributed by atoms with Gasteiger partial charge in [0.05, 0.1) is 13.7 Å². The molecule has 0 saturated heterocycles. The van der Waals surface area contributed by atoms with Gasteiger partial charge in [-0.1, -0.05) is 18.2 Å². The van der Waals surface area contributed by atoms with Gasteiger partial charge in [0, 0.05) is 18.5 Å². The second kappa shape index (κ2) is 8.78. The van der Waals surface area contributed by atoms with Crippen molar-refractivity contribution in [3.8, 4) is 11.5 Å². The van der Waals surface area contributed by atoms with Crippen molar-refractivity contribution in [2.75, 3.05) is 13.7 Å². The fourth-order valence-corrected chi connectivity index (χ4v) is 2.02. The minimum absolute atomic E-state index is 0.119. The van der Waals surface area contributed by atoms with Gasteiger partial charge in [-0.3, -0.25) is 4.79 Å². The molecule has 2 rings (SSSR count). The minimum atomic E-state index is -0.310. The van der Waals surface area contributed by atoms with Crippen molar-refractivity contribution in [1.82, 2.24) is 5.32 Å². The molecule has 0 fully saturated rings. The van der Waals surface area contributed by atoms with Gasteiger partial charge in [-0.2, -0.15) is 0 Å². The molecule has 0 aliphatic heterocycles. The van der Waals surface area contributed by atoms with Gasteiger partial charge in [0.15, 0.2) is 0 Å². The van der Waals surface area contributed by atoms with Gasteiger partial charge in [-0.25, -0.2) is 4.39 Å². The summed E-state index contributed by atoms with van der Waals surface area (Å²) < 4.78 is 24.0. The second-order valence-corrected chi connectivity index (χ2v) is 5.00. The zero-order chi connectivity index (χ0) is 16.5. The molecule has 1 amide bonds. The first-order valence-corrected chi connectivity index (χ1v) is 7.46. The van der Waals surface area contributed by atoms with Crippen LogP contribution < -0.4 is 14.8 Å². The summed E-state index contributed by atoms with van der Waals surface area (Å²) in [5, 5.41) is 2.70. The van der Waals surface area contributed by atoms with Crippen molar-refractivity contribution in [1.29, 1.82) is 0 Å². The van der Waals surface area contributed by atoms with Gasteiger partial charge in [-0.15, -0.1) is 0 Å². The molecule has 122 valence electrons. The molecule has 2 aromatic rings. The molecule has 0 unspecified atom stereocenters. The number of rotatable bonds is 8. The molecule has 0 aliphatic carbocycles. The van der Waals surface area contributed by atoms with E-state index in [2.05, 4.69) is 5.32 Å². The highest BCUT2D eigenvalue weighted by atomic mass is 19.1. The summed E-state index contributed by atoms with van der Waals surface area (Å²) >= 11 is 0. The molecule has 0 bridgehead atoms. The Labute approximate surface area is 135 Å². The van der Waals surface area contributed by atoms with Gasteiger partial charge in [0.1, 0.15) is 17.3 Å². The van der Waals surface area contributed by atoms with E-state index in [1.807, 2.05) is 24.3 Å². The van der Waals surface area contributed by atoms with Gasteiger partial charge in [0.2, 0.25) is 5.91 Å². The van der Waals surface area contributed by atoms with Crippen LogP contribution in [-0.2, 0) is 11.3 Å². The summed E-state index contributed by atoms with van der Waals surface area (Å²) in [6.07, 6.45) is 0.930. The van der Waals surface area contributed by atoms with Gasteiger partial charge < -0.3 is 14.8 Å². The minimum Gasteiger partial charge on any atom is -0.497 e. The average Bonchev–Trinajstić information content (AvgIpc) is 2.58. The fourth-order valence-electron chi connectivity index (χ4n) is 2.02. The summed E-state index contributed by atoms with van der Waals surface area (Å²) in [6.45, 7) is 0.643. The van der Waals surface area contributed by atoms with Crippen LogP contribution in [-0.4, -0.2) is 19.6 Å². The highest BCUT2D eigenvalue weighted by Gasteiger charge is 2.04. The number of carbonyl (C=O) groups is 1. The molecule has 0 aliphatic rings. The quantitative estimate of drug-likeness (QED) is 0.760. The van der Waals surface area contributed by atoms with Crippen LogP contribution in [0.5, 0.6) is 11.5 Å². The predicted molar refractivity (Wildman–Crippen MR) is 86.0 cm³/mol. The van der Waals surface area contributed by atoms with E-state index in [1.54, 1.807) is 25.3 Å². The molecule has 0 aromatic heterocycles. The van der Waals surface area contributed by atoms with Crippen molar-refractivity contribution in [2.45, 2.75) is 19.4 Å². The summed E-state index contributed by atoms with van der Waals surface area (Å²) in [7, 11) is 1.61. The molecular formula is C18H20FNO3. The lowest BCUT2D eigenvalue weighted by atomic mass is 10.2. The van der Waals surface area contributed by atoms with Crippen molar-refractivity contribution in [3.63, 3.8) is 0 Å². The number of hydrogen-bond donors (Lipinski definition) is 1. The Morgan fingerprint density at radius 1 is 1.09 bits per heavy atom. The van der Waals surface area contributed by atoms with E-state index in [9.17, 15) is 9.18 Å². The number of benzene rings is 2. The molecule has 0 radical (unpaired) electrons. The first-order chi connectivity index (χ1) is 11.2. The van der Waals surface area contributed by atoms with E-state index < -0.39 is 0 Å². The van der Waals surface area contributed by atoms with E-state index in [1.165, 1.54) is 6.07 Å². The highest BCUT2D eigenvalue weighted by Crippen LogP contribution is 2.17. The highest BCUT2D eigenvalue weighted by molar-refractivity contribution is 5.75. The normalized spacial score (nSPS) is 10.2. The molecule has 5 heteroatoms. The van der Waals surface area contributed by atoms with Gasteiger partial charge in [-0.05, 0) is 36.8 Å². The molecule has 0 spiro atoms. The number of hydrogen-bond acceptors (Lipinski definition) is 3. The molecule has 2 aromatic carbocycles. The monoisotopic (exact) mass is 317 g/mol. The number of nitrogens with one attached hydrogen (secondary N) is 1. The van der Waals surface area contributed by atoms with Gasteiger partial charge >= 0.3 is 0 Å². The van der Waals surface area contributed by atoms with E-state index in [-0.39, 0.29) is 18.3 Å². The third-order valence-electron chi connectivity index (χ3n) is 3.31. The van der Waals surface area contributed by atoms with Gasteiger partial charge in [0.25, 0.3) is 0 Å². The maximum absolute atomic E-state index is 13.4. The first kappa shape index (κ1) is 16.8. The SMILES string of the molecule is COc1ccc(OCCCC(=O)NCc2ccccc2F)cc1. The second-order valence-electron chi connectivity index (χ2n) is 5.00. The number of carbonyl (C=O) groups excluding carboxylic acids is 1. The topological polar surface area (TPSA) is 47.6 Å². The Balaban J connectivity index is 1.63. The van der Waals surface area contributed by atoms with Crippen LogP contribution in [0.15, 0.2) is 48.5 Å². The Morgan fingerprint density at radius 2 is 1.78 bits per heavy atom. The van der Waals surface area contributed by atoms with E-state index in [0.29, 0.717) is 25.0 Å². The van der Waals surface area contributed by atoms with Crippen molar-refractivity contribution >= 4 is 5.91 Å². The van der Waals surface area contributed by atoms with Crippen molar-refractivity contribution < 1.29 is 18.7 Å². The number of amides is 1. The summed E-state index contributed by atoms with van der Waals surface area (Å²) in [4.78, 5) is 11.7. The Morgan fingerprint density at radius 3 is 2.48 bits per heavy atom. The average molecular weight is 317 g/mol. The third-order valence-corrected chi connectivity index (χ3v) is 3.31. The fraction of sp³-hybridized carbons (Fsp3) is 0.278. The summed E-state index contributed by atoms with van der Waals surface area (Å²) in [6, 6.07) is 13.7.